The highest BCUT2D eigenvalue weighted by atomic mass is 79.9. The van der Waals surface area contributed by atoms with Gasteiger partial charge in [0.05, 0.1) is 0 Å². The molecule has 1 aromatic heterocycles. The molecule has 0 atom stereocenters. The summed E-state index contributed by atoms with van der Waals surface area (Å²) < 4.78 is 2.52. The molecule has 2 rings (SSSR count). The van der Waals surface area contributed by atoms with E-state index in [0.29, 0.717) is 5.69 Å². The van der Waals surface area contributed by atoms with Crippen LogP contribution in [0.15, 0.2) is 16.7 Å². The normalized spacial score (nSPS) is 15.2. The van der Waals surface area contributed by atoms with Crippen LogP contribution in [0.3, 0.4) is 0 Å². The Morgan fingerprint density at radius 2 is 2.12 bits per heavy atom. The van der Waals surface area contributed by atoms with E-state index in [1.165, 1.54) is 0 Å². The van der Waals surface area contributed by atoms with E-state index in [1.807, 2.05) is 0 Å². The van der Waals surface area contributed by atoms with Crippen molar-refractivity contribution in [3.05, 3.63) is 22.4 Å². The maximum absolute atomic E-state index is 11.7. The van der Waals surface area contributed by atoms with Crippen LogP contribution < -0.4 is 10.9 Å². The Hall–Kier alpha value is -1.30. The van der Waals surface area contributed by atoms with Crippen molar-refractivity contribution in [3.8, 4) is 0 Å². The first-order chi connectivity index (χ1) is 8.08. The summed E-state index contributed by atoms with van der Waals surface area (Å²) in [5.41, 5.74) is 5.37. The van der Waals surface area contributed by atoms with Crippen molar-refractivity contribution in [2.45, 2.75) is 19.3 Å². The standard InChI is InChI=1S/C11H14BrN3O2/c1-15-6-8(12)5-9(15)11(17)14-13-10(16)7-3-2-4-7/h5-7H,2-4H2,1H3,(H,13,16)(H,14,17). The van der Waals surface area contributed by atoms with Crippen molar-refractivity contribution in [3.63, 3.8) is 0 Å². The maximum Gasteiger partial charge on any atom is 0.286 e. The van der Waals surface area contributed by atoms with Gasteiger partial charge in [-0.3, -0.25) is 20.4 Å². The predicted molar refractivity (Wildman–Crippen MR) is 66.1 cm³/mol. The first kappa shape index (κ1) is 12.2. The third-order valence-electron chi connectivity index (χ3n) is 2.98. The van der Waals surface area contributed by atoms with Gasteiger partial charge in [0.1, 0.15) is 5.69 Å². The first-order valence-electron chi connectivity index (χ1n) is 5.50. The second-order valence-electron chi connectivity index (χ2n) is 4.23. The van der Waals surface area contributed by atoms with Crippen LogP contribution in [0.2, 0.25) is 0 Å². The second-order valence-corrected chi connectivity index (χ2v) is 5.14. The van der Waals surface area contributed by atoms with Gasteiger partial charge in [-0.1, -0.05) is 6.42 Å². The second kappa shape index (κ2) is 4.91. The largest absolute Gasteiger partial charge is 0.345 e. The molecule has 17 heavy (non-hydrogen) atoms. The monoisotopic (exact) mass is 299 g/mol. The molecule has 2 N–H and O–H groups in total. The molecule has 0 saturated heterocycles. The van der Waals surface area contributed by atoms with Crippen LogP contribution in [-0.4, -0.2) is 16.4 Å². The molecule has 0 unspecified atom stereocenters. The number of carbonyl (C=O) groups is 2. The topological polar surface area (TPSA) is 63.1 Å². The average Bonchev–Trinajstić information content (AvgIpc) is 2.51. The highest BCUT2D eigenvalue weighted by molar-refractivity contribution is 9.10. The molecular weight excluding hydrogens is 286 g/mol. The van der Waals surface area contributed by atoms with Crippen molar-refractivity contribution in [2.75, 3.05) is 0 Å². The molecule has 1 aromatic rings. The number of aromatic nitrogens is 1. The quantitative estimate of drug-likeness (QED) is 0.810. The lowest BCUT2D eigenvalue weighted by Gasteiger charge is -2.23. The minimum atomic E-state index is -0.314. The number of hydrazine groups is 1. The van der Waals surface area contributed by atoms with Gasteiger partial charge in [0.2, 0.25) is 5.91 Å². The Morgan fingerprint density at radius 1 is 1.41 bits per heavy atom. The van der Waals surface area contributed by atoms with E-state index in [4.69, 9.17) is 0 Å². The number of hydrogen-bond acceptors (Lipinski definition) is 2. The van der Waals surface area contributed by atoms with Gasteiger partial charge in [-0.25, -0.2) is 0 Å². The highest BCUT2D eigenvalue weighted by Gasteiger charge is 2.25. The van der Waals surface area contributed by atoms with Crippen LogP contribution >= 0.6 is 15.9 Å². The SMILES string of the molecule is Cn1cc(Br)cc1C(=O)NNC(=O)C1CCC1. The zero-order valence-electron chi connectivity index (χ0n) is 9.50. The smallest absolute Gasteiger partial charge is 0.286 e. The van der Waals surface area contributed by atoms with E-state index < -0.39 is 0 Å². The third kappa shape index (κ3) is 2.69. The van der Waals surface area contributed by atoms with E-state index in [9.17, 15) is 9.59 Å². The predicted octanol–water partition coefficient (Wildman–Crippen LogP) is 1.35. The van der Waals surface area contributed by atoms with E-state index in [0.717, 1.165) is 23.7 Å². The summed E-state index contributed by atoms with van der Waals surface area (Å²) in [6.45, 7) is 0. The molecule has 2 amide bonds. The Bertz CT molecular complexity index is 452. The molecular formula is C11H14BrN3O2. The molecule has 0 spiro atoms. The van der Waals surface area contributed by atoms with Gasteiger partial charge in [-0.05, 0) is 34.8 Å². The van der Waals surface area contributed by atoms with Gasteiger partial charge in [-0.2, -0.15) is 0 Å². The van der Waals surface area contributed by atoms with Gasteiger partial charge < -0.3 is 4.57 Å². The summed E-state index contributed by atoms with van der Waals surface area (Å²) in [5.74, 6) is -0.348. The summed E-state index contributed by atoms with van der Waals surface area (Å²) in [4.78, 5) is 23.3. The summed E-state index contributed by atoms with van der Waals surface area (Å²) in [6.07, 6.45) is 4.70. The molecule has 1 fully saturated rings. The Morgan fingerprint density at radius 3 is 2.59 bits per heavy atom. The highest BCUT2D eigenvalue weighted by Crippen LogP contribution is 2.25. The lowest BCUT2D eigenvalue weighted by molar-refractivity contribution is -0.128. The van der Waals surface area contributed by atoms with E-state index in [-0.39, 0.29) is 17.7 Å². The lowest BCUT2D eigenvalue weighted by atomic mass is 9.85. The fourth-order valence-corrected chi connectivity index (χ4v) is 2.23. The summed E-state index contributed by atoms with van der Waals surface area (Å²) in [7, 11) is 1.77. The molecule has 0 radical (unpaired) electrons. The van der Waals surface area contributed by atoms with Crippen molar-refractivity contribution in [2.24, 2.45) is 13.0 Å². The van der Waals surface area contributed by atoms with Crippen LogP contribution in [0.1, 0.15) is 29.8 Å². The average molecular weight is 300 g/mol. The number of rotatable bonds is 2. The minimum Gasteiger partial charge on any atom is -0.345 e. The molecule has 6 heteroatoms. The van der Waals surface area contributed by atoms with Crippen LogP contribution in [0, 0.1) is 5.92 Å². The molecule has 0 aliphatic heterocycles. The summed E-state index contributed by atoms with van der Waals surface area (Å²) in [5, 5.41) is 0. The van der Waals surface area contributed by atoms with Crippen LogP contribution in [0.4, 0.5) is 0 Å². The Kier molecular flexibility index (Phi) is 3.51. The van der Waals surface area contributed by atoms with E-state index >= 15 is 0 Å². The summed E-state index contributed by atoms with van der Waals surface area (Å²) >= 11 is 3.29. The third-order valence-corrected chi connectivity index (χ3v) is 3.41. The maximum atomic E-state index is 11.7. The van der Waals surface area contributed by atoms with Crippen molar-refractivity contribution < 1.29 is 9.59 Å². The molecule has 1 saturated carbocycles. The first-order valence-corrected chi connectivity index (χ1v) is 6.29. The Labute approximate surface area is 108 Å². The number of halogens is 1. The molecule has 0 bridgehead atoms. The van der Waals surface area contributed by atoms with Crippen LogP contribution in [0.25, 0.3) is 0 Å². The number of aryl methyl sites for hydroxylation is 1. The van der Waals surface area contributed by atoms with Crippen molar-refractivity contribution in [1.82, 2.24) is 15.4 Å². The fraction of sp³-hybridized carbons (Fsp3) is 0.455. The molecule has 1 aliphatic rings. The van der Waals surface area contributed by atoms with Gasteiger partial charge in [-0.15, -0.1) is 0 Å². The number of hydrogen-bond donors (Lipinski definition) is 2. The van der Waals surface area contributed by atoms with E-state index in [1.54, 1.807) is 23.9 Å². The molecule has 1 aliphatic carbocycles. The van der Waals surface area contributed by atoms with Gasteiger partial charge in [0.15, 0.2) is 0 Å². The lowest BCUT2D eigenvalue weighted by Crippen LogP contribution is -2.46. The molecule has 92 valence electrons. The minimum absolute atomic E-state index is 0.0652. The molecule has 0 aromatic carbocycles. The molecule has 5 nitrogen and oxygen atoms in total. The van der Waals surface area contributed by atoms with Crippen molar-refractivity contribution >= 4 is 27.7 Å². The van der Waals surface area contributed by atoms with Crippen LogP contribution in [-0.2, 0) is 11.8 Å². The number of nitrogens with zero attached hydrogens (tertiary/aromatic N) is 1. The Balaban J connectivity index is 1.88. The summed E-state index contributed by atoms with van der Waals surface area (Å²) in [6, 6.07) is 1.70. The van der Waals surface area contributed by atoms with Gasteiger partial charge in [0.25, 0.3) is 5.91 Å². The number of carbonyl (C=O) groups excluding carboxylic acids is 2. The fourth-order valence-electron chi connectivity index (χ4n) is 1.70. The van der Waals surface area contributed by atoms with Crippen molar-refractivity contribution in [1.29, 1.82) is 0 Å². The number of nitrogens with one attached hydrogen (secondary N) is 2. The van der Waals surface area contributed by atoms with E-state index in [2.05, 4.69) is 26.8 Å². The number of amides is 2. The van der Waals surface area contributed by atoms with Crippen LogP contribution in [0.5, 0.6) is 0 Å². The van der Waals surface area contributed by atoms with Gasteiger partial charge >= 0.3 is 0 Å². The molecule has 1 heterocycles. The zero-order chi connectivity index (χ0) is 12.4. The van der Waals surface area contributed by atoms with Gasteiger partial charge in [0, 0.05) is 23.6 Å². The zero-order valence-corrected chi connectivity index (χ0v) is 11.1.